The van der Waals surface area contributed by atoms with Crippen molar-refractivity contribution in [3.8, 4) is 0 Å². The highest BCUT2D eigenvalue weighted by molar-refractivity contribution is 5.36. The van der Waals surface area contributed by atoms with Crippen molar-refractivity contribution in [1.29, 1.82) is 0 Å². The molecule has 2 N–H and O–H groups in total. The Balaban J connectivity index is 1.50. The highest BCUT2D eigenvalue weighted by atomic mass is 15.0. The molecule has 0 aromatic carbocycles. The SMILES string of the molecule is c1nc(CCC2CCCCN2)cc(NC2CCCC2)n1. The minimum absolute atomic E-state index is 0.623. The first-order valence-electron chi connectivity index (χ1n) is 8.21. The van der Waals surface area contributed by atoms with Gasteiger partial charge in [0.15, 0.2) is 0 Å². The molecule has 2 heterocycles. The van der Waals surface area contributed by atoms with E-state index in [9.17, 15) is 0 Å². The molecule has 2 fully saturated rings. The zero-order valence-electron chi connectivity index (χ0n) is 12.3. The van der Waals surface area contributed by atoms with E-state index < -0.39 is 0 Å². The van der Waals surface area contributed by atoms with Crippen molar-refractivity contribution < 1.29 is 0 Å². The molecule has 2 aliphatic rings. The van der Waals surface area contributed by atoms with E-state index in [0.29, 0.717) is 12.1 Å². The number of piperidine rings is 1. The Morgan fingerprint density at radius 1 is 1.10 bits per heavy atom. The fourth-order valence-corrected chi connectivity index (χ4v) is 3.39. The highest BCUT2D eigenvalue weighted by Gasteiger charge is 2.16. The van der Waals surface area contributed by atoms with Gasteiger partial charge in [-0.25, -0.2) is 9.97 Å². The van der Waals surface area contributed by atoms with E-state index in [-0.39, 0.29) is 0 Å². The van der Waals surface area contributed by atoms with Crippen LogP contribution in [0.2, 0.25) is 0 Å². The zero-order chi connectivity index (χ0) is 13.6. The van der Waals surface area contributed by atoms with Gasteiger partial charge in [-0.2, -0.15) is 0 Å². The smallest absolute Gasteiger partial charge is 0.129 e. The van der Waals surface area contributed by atoms with Crippen LogP contribution in [0.5, 0.6) is 0 Å². The lowest BCUT2D eigenvalue weighted by Gasteiger charge is -2.23. The van der Waals surface area contributed by atoms with Crippen molar-refractivity contribution in [2.24, 2.45) is 0 Å². The molecule has 0 amide bonds. The van der Waals surface area contributed by atoms with E-state index >= 15 is 0 Å². The minimum Gasteiger partial charge on any atom is -0.367 e. The Morgan fingerprint density at radius 2 is 1.95 bits per heavy atom. The summed E-state index contributed by atoms with van der Waals surface area (Å²) in [6, 6.07) is 3.45. The van der Waals surface area contributed by atoms with E-state index in [1.54, 1.807) is 6.33 Å². The van der Waals surface area contributed by atoms with Crippen LogP contribution in [0.4, 0.5) is 5.82 Å². The number of aryl methyl sites for hydroxylation is 1. The minimum atomic E-state index is 0.623. The molecule has 1 aliphatic carbocycles. The molecule has 0 radical (unpaired) electrons. The molecule has 1 aromatic heterocycles. The second-order valence-electron chi connectivity index (χ2n) is 6.21. The van der Waals surface area contributed by atoms with E-state index in [1.165, 1.54) is 63.6 Å². The summed E-state index contributed by atoms with van der Waals surface area (Å²) in [5, 5.41) is 7.16. The topological polar surface area (TPSA) is 49.8 Å². The molecular formula is C16H26N4. The lowest BCUT2D eigenvalue weighted by molar-refractivity contribution is 0.382. The van der Waals surface area contributed by atoms with Crippen LogP contribution in [0.3, 0.4) is 0 Å². The van der Waals surface area contributed by atoms with E-state index in [4.69, 9.17) is 0 Å². The van der Waals surface area contributed by atoms with Gasteiger partial charge in [0, 0.05) is 23.8 Å². The maximum Gasteiger partial charge on any atom is 0.129 e. The number of rotatable bonds is 5. The summed E-state index contributed by atoms with van der Waals surface area (Å²) in [6.45, 7) is 1.18. The summed E-state index contributed by atoms with van der Waals surface area (Å²) in [4.78, 5) is 8.78. The summed E-state index contributed by atoms with van der Waals surface area (Å²) in [5.74, 6) is 1.01. The van der Waals surface area contributed by atoms with Gasteiger partial charge in [0.2, 0.25) is 0 Å². The van der Waals surface area contributed by atoms with E-state index in [0.717, 1.165) is 12.2 Å². The molecule has 1 unspecified atom stereocenters. The second kappa shape index (κ2) is 7.02. The van der Waals surface area contributed by atoms with Gasteiger partial charge < -0.3 is 10.6 Å². The predicted octanol–water partition coefficient (Wildman–Crippen LogP) is 2.91. The molecule has 4 nitrogen and oxygen atoms in total. The number of hydrogen-bond acceptors (Lipinski definition) is 4. The highest BCUT2D eigenvalue weighted by Crippen LogP contribution is 2.21. The maximum atomic E-state index is 4.42. The van der Waals surface area contributed by atoms with Crippen LogP contribution < -0.4 is 10.6 Å². The summed E-state index contributed by atoms with van der Waals surface area (Å²) in [5.41, 5.74) is 1.17. The van der Waals surface area contributed by atoms with Gasteiger partial charge in [0.1, 0.15) is 12.1 Å². The first-order valence-corrected chi connectivity index (χ1v) is 8.21. The van der Waals surface area contributed by atoms with E-state index in [1.807, 2.05) is 0 Å². The van der Waals surface area contributed by atoms with Gasteiger partial charge in [-0.15, -0.1) is 0 Å². The van der Waals surface area contributed by atoms with Crippen LogP contribution in [0.1, 0.15) is 57.1 Å². The Kier molecular flexibility index (Phi) is 4.85. The molecule has 110 valence electrons. The van der Waals surface area contributed by atoms with Crippen molar-refractivity contribution in [3.63, 3.8) is 0 Å². The molecule has 0 spiro atoms. The van der Waals surface area contributed by atoms with Crippen molar-refractivity contribution in [1.82, 2.24) is 15.3 Å². The normalized spacial score (nSPS) is 23.9. The van der Waals surface area contributed by atoms with Crippen LogP contribution in [0, 0.1) is 0 Å². The monoisotopic (exact) mass is 274 g/mol. The lowest BCUT2D eigenvalue weighted by Crippen LogP contribution is -2.34. The average molecular weight is 274 g/mol. The quantitative estimate of drug-likeness (QED) is 0.867. The van der Waals surface area contributed by atoms with Gasteiger partial charge in [-0.1, -0.05) is 19.3 Å². The average Bonchev–Trinajstić information content (AvgIpc) is 3.00. The van der Waals surface area contributed by atoms with Crippen molar-refractivity contribution in [3.05, 3.63) is 18.1 Å². The molecular weight excluding hydrogens is 248 g/mol. The molecule has 1 atom stereocenters. The largest absolute Gasteiger partial charge is 0.367 e. The molecule has 20 heavy (non-hydrogen) atoms. The van der Waals surface area contributed by atoms with Crippen LogP contribution in [0.15, 0.2) is 12.4 Å². The van der Waals surface area contributed by atoms with Crippen molar-refractivity contribution in [2.45, 2.75) is 69.9 Å². The molecule has 1 aliphatic heterocycles. The van der Waals surface area contributed by atoms with Gasteiger partial charge in [-0.05, 0) is 45.1 Å². The van der Waals surface area contributed by atoms with Gasteiger partial charge in [-0.3, -0.25) is 0 Å². The van der Waals surface area contributed by atoms with Crippen molar-refractivity contribution >= 4 is 5.82 Å². The molecule has 1 aromatic rings. The standard InChI is InChI=1S/C16H26N4/c1-2-7-14(6-1)20-16-11-15(18-12-19-16)9-8-13-5-3-4-10-17-13/h11-14,17H,1-10H2,(H,18,19,20). The third-order valence-electron chi connectivity index (χ3n) is 4.59. The van der Waals surface area contributed by atoms with Gasteiger partial charge in [0.25, 0.3) is 0 Å². The Hall–Kier alpha value is -1.16. The summed E-state index contributed by atoms with van der Waals surface area (Å²) in [6.07, 6.45) is 13.2. The fraction of sp³-hybridized carbons (Fsp3) is 0.750. The maximum absolute atomic E-state index is 4.42. The summed E-state index contributed by atoms with van der Waals surface area (Å²) < 4.78 is 0. The Labute approximate surface area is 121 Å². The van der Waals surface area contributed by atoms with Crippen LogP contribution in [-0.4, -0.2) is 28.6 Å². The molecule has 4 heteroatoms. The summed E-state index contributed by atoms with van der Waals surface area (Å²) in [7, 11) is 0. The lowest BCUT2D eigenvalue weighted by atomic mass is 10.00. The molecule has 0 bridgehead atoms. The number of nitrogens with zero attached hydrogens (tertiary/aromatic N) is 2. The Bertz CT molecular complexity index is 409. The van der Waals surface area contributed by atoms with Crippen LogP contribution >= 0.6 is 0 Å². The van der Waals surface area contributed by atoms with Gasteiger partial charge in [0.05, 0.1) is 0 Å². The summed E-state index contributed by atoms with van der Waals surface area (Å²) >= 11 is 0. The fourth-order valence-electron chi connectivity index (χ4n) is 3.39. The predicted molar refractivity (Wildman–Crippen MR) is 81.9 cm³/mol. The third-order valence-corrected chi connectivity index (χ3v) is 4.59. The molecule has 3 rings (SSSR count). The van der Waals surface area contributed by atoms with Crippen molar-refractivity contribution in [2.75, 3.05) is 11.9 Å². The number of nitrogens with one attached hydrogen (secondary N) is 2. The number of hydrogen-bond donors (Lipinski definition) is 2. The van der Waals surface area contributed by atoms with E-state index in [2.05, 4.69) is 26.7 Å². The van der Waals surface area contributed by atoms with Crippen LogP contribution in [0.25, 0.3) is 0 Å². The van der Waals surface area contributed by atoms with Gasteiger partial charge >= 0.3 is 0 Å². The van der Waals surface area contributed by atoms with Crippen LogP contribution in [-0.2, 0) is 6.42 Å². The molecule has 1 saturated carbocycles. The molecule has 1 saturated heterocycles. The number of aromatic nitrogens is 2. The number of anilines is 1. The first kappa shape index (κ1) is 13.8. The first-order chi connectivity index (χ1) is 9.90. The second-order valence-corrected chi connectivity index (χ2v) is 6.21. The zero-order valence-corrected chi connectivity index (χ0v) is 12.3. The third kappa shape index (κ3) is 3.92. The Morgan fingerprint density at radius 3 is 2.75 bits per heavy atom.